The molecule has 0 aliphatic heterocycles. The number of aromatic nitrogens is 3. The molecule has 0 atom stereocenters. The van der Waals surface area contributed by atoms with Crippen LogP contribution in [0.1, 0.15) is 21.7 Å². The van der Waals surface area contributed by atoms with Gasteiger partial charge in [-0.15, -0.1) is 0 Å². The molecule has 0 saturated carbocycles. The fraction of sp³-hybridized carbons (Fsp3) is 0.167. The summed E-state index contributed by atoms with van der Waals surface area (Å²) >= 11 is 0. The van der Waals surface area contributed by atoms with E-state index < -0.39 is 5.97 Å². The van der Waals surface area contributed by atoms with E-state index in [-0.39, 0.29) is 23.6 Å². The van der Waals surface area contributed by atoms with Gasteiger partial charge in [0.05, 0.1) is 35.6 Å². The Labute approximate surface area is 184 Å². The molecule has 8 heteroatoms. The highest BCUT2D eigenvalue weighted by atomic mass is 16.5. The Bertz CT molecular complexity index is 1390. The largest absolute Gasteiger partial charge is 0.465 e. The molecule has 4 rings (SSSR count). The summed E-state index contributed by atoms with van der Waals surface area (Å²) < 4.78 is 7.91. The first-order valence-electron chi connectivity index (χ1n) is 10.0. The molecule has 0 fully saturated rings. The topological polar surface area (TPSA) is 95.2 Å². The van der Waals surface area contributed by atoms with Gasteiger partial charge in [-0.05, 0) is 38.1 Å². The Morgan fingerprint density at radius 2 is 1.69 bits per heavy atom. The number of aryl methyl sites for hydroxylation is 2. The molecule has 0 saturated heterocycles. The standard InChI is InChI=1S/C24H22N4O4/c1-15-19-13-25-28(17-9-5-4-6-10-17)23(30)22(19)16(2)27(15)14-21(29)26-20-12-8-7-11-18(20)24(31)32-3/h4-13H,14H2,1-3H3,(H,26,29). The minimum absolute atomic E-state index is 0.0212. The van der Waals surface area contributed by atoms with E-state index in [9.17, 15) is 14.4 Å². The number of rotatable bonds is 5. The Morgan fingerprint density at radius 1 is 1.00 bits per heavy atom. The summed E-state index contributed by atoms with van der Waals surface area (Å²) in [6.07, 6.45) is 1.65. The predicted octanol–water partition coefficient (Wildman–Crippen LogP) is 3.23. The van der Waals surface area contributed by atoms with Crippen LogP contribution in [-0.4, -0.2) is 33.3 Å². The number of nitrogens with one attached hydrogen (secondary N) is 1. The highest BCUT2D eigenvalue weighted by Gasteiger charge is 2.19. The highest BCUT2D eigenvalue weighted by molar-refractivity contribution is 6.01. The van der Waals surface area contributed by atoms with Crippen molar-refractivity contribution in [3.8, 4) is 5.69 Å². The van der Waals surface area contributed by atoms with Crippen LogP contribution in [0, 0.1) is 13.8 Å². The third kappa shape index (κ3) is 3.66. The summed E-state index contributed by atoms with van der Waals surface area (Å²) in [5.41, 5.74) is 2.49. The molecule has 32 heavy (non-hydrogen) atoms. The van der Waals surface area contributed by atoms with Crippen molar-refractivity contribution in [3.63, 3.8) is 0 Å². The summed E-state index contributed by atoms with van der Waals surface area (Å²) in [5, 5.41) is 8.30. The van der Waals surface area contributed by atoms with Crippen LogP contribution in [0.2, 0.25) is 0 Å². The van der Waals surface area contributed by atoms with Gasteiger partial charge >= 0.3 is 5.97 Å². The average molecular weight is 430 g/mol. The van der Waals surface area contributed by atoms with Crippen molar-refractivity contribution in [2.75, 3.05) is 12.4 Å². The van der Waals surface area contributed by atoms with E-state index in [1.807, 2.05) is 44.2 Å². The van der Waals surface area contributed by atoms with Crippen LogP contribution < -0.4 is 10.9 Å². The van der Waals surface area contributed by atoms with Crippen molar-refractivity contribution in [1.29, 1.82) is 0 Å². The van der Waals surface area contributed by atoms with Crippen LogP contribution in [-0.2, 0) is 16.1 Å². The van der Waals surface area contributed by atoms with Crippen LogP contribution in [0.3, 0.4) is 0 Å². The lowest BCUT2D eigenvalue weighted by Gasteiger charge is -2.12. The van der Waals surface area contributed by atoms with Gasteiger partial charge in [0.25, 0.3) is 5.56 Å². The quantitative estimate of drug-likeness (QED) is 0.491. The molecule has 2 aromatic carbocycles. The lowest BCUT2D eigenvalue weighted by Crippen LogP contribution is -2.22. The van der Waals surface area contributed by atoms with E-state index in [0.717, 1.165) is 5.69 Å². The number of methoxy groups -OCH3 is 1. The van der Waals surface area contributed by atoms with Gasteiger partial charge in [0.15, 0.2) is 0 Å². The molecular formula is C24H22N4O4. The second-order valence-electron chi connectivity index (χ2n) is 7.33. The molecule has 0 radical (unpaired) electrons. The third-order valence-corrected chi connectivity index (χ3v) is 5.45. The fourth-order valence-electron chi connectivity index (χ4n) is 3.81. The smallest absolute Gasteiger partial charge is 0.339 e. The van der Waals surface area contributed by atoms with E-state index in [1.165, 1.54) is 11.8 Å². The van der Waals surface area contributed by atoms with Crippen molar-refractivity contribution in [1.82, 2.24) is 14.3 Å². The van der Waals surface area contributed by atoms with Gasteiger partial charge in [-0.25, -0.2) is 4.79 Å². The number of anilines is 1. The van der Waals surface area contributed by atoms with Crippen molar-refractivity contribution in [3.05, 3.63) is 88.1 Å². The maximum absolute atomic E-state index is 13.2. The molecule has 0 bridgehead atoms. The number of fused-ring (bicyclic) bond motifs is 1. The molecule has 2 aromatic heterocycles. The average Bonchev–Trinajstić information content (AvgIpc) is 3.05. The third-order valence-electron chi connectivity index (χ3n) is 5.45. The summed E-state index contributed by atoms with van der Waals surface area (Å²) in [7, 11) is 1.29. The first-order valence-corrected chi connectivity index (χ1v) is 10.0. The molecule has 162 valence electrons. The van der Waals surface area contributed by atoms with Crippen molar-refractivity contribution in [2.24, 2.45) is 0 Å². The zero-order chi connectivity index (χ0) is 22.8. The van der Waals surface area contributed by atoms with E-state index >= 15 is 0 Å². The van der Waals surface area contributed by atoms with Gasteiger partial charge in [-0.3, -0.25) is 9.59 Å². The van der Waals surface area contributed by atoms with Crippen LogP contribution in [0.15, 0.2) is 65.6 Å². The van der Waals surface area contributed by atoms with Gasteiger partial charge in [0.1, 0.15) is 6.54 Å². The monoisotopic (exact) mass is 430 g/mol. The van der Waals surface area contributed by atoms with Crippen LogP contribution in [0.25, 0.3) is 16.5 Å². The minimum atomic E-state index is -0.535. The van der Waals surface area contributed by atoms with Crippen molar-refractivity contribution < 1.29 is 14.3 Å². The van der Waals surface area contributed by atoms with E-state index in [4.69, 9.17) is 4.74 Å². The molecule has 0 spiro atoms. The fourth-order valence-corrected chi connectivity index (χ4v) is 3.81. The van der Waals surface area contributed by atoms with Crippen LogP contribution in [0.4, 0.5) is 5.69 Å². The molecule has 2 heterocycles. The summed E-state index contributed by atoms with van der Waals surface area (Å²) in [6.45, 7) is 3.63. The van der Waals surface area contributed by atoms with Gasteiger partial charge in [0, 0.05) is 16.8 Å². The first-order chi connectivity index (χ1) is 15.4. The Kier molecular flexibility index (Phi) is 5.59. The van der Waals surface area contributed by atoms with E-state index in [1.54, 1.807) is 35.0 Å². The summed E-state index contributed by atoms with van der Waals surface area (Å²) in [4.78, 5) is 38.0. The number of esters is 1. The van der Waals surface area contributed by atoms with Crippen LogP contribution >= 0.6 is 0 Å². The number of hydrogen-bond acceptors (Lipinski definition) is 5. The van der Waals surface area contributed by atoms with Crippen LogP contribution in [0.5, 0.6) is 0 Å². The second-order valence-corrected chi connectivity index (χ2v) is 7.33. The number of benzene rings is 2. The maximum Gasteiger partial charge on any atom is 0.339 e. The molecule has 8 nitrogen and oxygen atoms in total. The molecule has 4 aromatic rings. The normalized spacial score (nSPS) is 10.8. The van der Waals surface area contributed by atoms with E-state index in [2.05, 4.69) is 10.4 Å². The highest BCUT2D eigenvalue weighted by Crippen LogP contribution is 2.23. The molecular weight excluding hydrogens is 408 g/mol. The van der Waals surface area contributed by atoms with Crippen molar-refractivity contribution in [2.45, 2.75) is 20.4 Å². The lowest BCUT2D eigenvalue weighted by molar-refractivity contribution is -0.116. The summed E-state index contributed by atoms with van der Waals surface area (Å²) in [6, 6.07) is 15.8. The lowest BCUT2D eigenvalue weighted by atomic mass is 10.2. The number of hydrogen-bond donors (Lipinski definition) is 1. The zero-order valence-corrected chi connectivity index (χ0v) is 18.0. The molecule has 1 N–H and O–H groups in total. The van der Waals surface area contributed by atoms with Gasteiger partial charge < -0.3 is 14.6 Å². The first kappa shape index (κ1) is 21.0. The Hall–Kier alpha value is -4.20. The van der Waals surface area contributed by atoms with Gasteiger partial charge in [-0.1, -0.05) is 30.3 Å². The number of carbonyl (C=O) groups is 2. The molecule has 1 amide bonds. The molecule has 0 aliphatic carbocycles. The number of amides is 1. The SMILES string of the molecule is COC(=O)c1ccccc1NC(=O)Cn1c(C)c2cnn(-c3ccccc3)c(=O)c2c1C. The minimum Gasteiger partial charge on any atom is -0.465 e. The Morgan fingerprint density at radius 3 is 2.41 bits per heavy atom. The zero-order valence-electron chi connectivity index (χ0n) is 18.0. The second kappa shape index (κ2) is 8.50. The number of nitrogens with zero attached hydrogens (tertiary/aromatic N) is 3. The Balaban J connectivity index is 1.69. The van der Waals surface area contributed by atoms with Gasteiger partial charge in [0.2, 0.25) is 5.91 Å². The maximum atomic E-state index is 13.2. The van der Waals surface area contributed by atoms with E-state index in [0.29, 0.717) is 27.8 Å². The van der Waals surface area contributed by atoms with Crippen molar-refractivity contribution >= 4 is 28.3 Å². The molecule has 0 aliphatic rings. The number of ether oxygens (including phenoxy) is 1. The van der Waals surface area contributed by atoms with Gasteiger partial charge in [-0.2, -0.15) is 9.78 Å². The summed E-state index contributed by atoms with van der Waals surface area (Å²) in [5.74, 6) is -0.864. The predicted molar refractivity (Wildman–Crippen MR) is 121 cm³/mol. The molecule has 0 unspecified atom stereocenters. The number of carbonyl (C=O) groups excluding carboxylic acids is 2. The number of para-hydroxylation sites is 2.